The number of ether oxygens (including phenoxy) is 1. The molecule has 90 valence electrons. The molecule has 0 aliphatic carbocycles. The Morgan fingerprint density at radius 3 is 2.65 bits per heavy atom. The van der Waals surface area contributed by atoms with Crippen molar-refractivity contribution in [3.63, 3.8) is 0 Å². The average Bonchev–Trinajstić information content (AvgIpc) is 2.63. The first-order valence-electron chi connectivity index (χ1n) is 5.06. The highest BCUT2D eigenvalue weighted by Gasteiger charge is 2.13. The summed E-state index contributed by atoms with van der Waals surface area (Å²) in [5.74, 6) is 0.681. The quantitative estimate of drug-likeness (QED) is 0.842. The van der Waals surface area contributed by atoms with Gasteiger partial charge in [0.2, 0.25) is 0 Å². The smallest absolute Gasteiger partial charge is 0.137 e. The summed E-state index contributed by atoms with van der Waals surface area (Å²) in [7, 11) is 3.54. The Morgan fingerprint density at radius 2 is 2.12 bits per heavy atom. The molecule has 1 aromatic carbocycles. The first kappa shape index (κ1) is 12.5. The normalized spacial score (nSPS) is 10.6. The van der Waals surface area contributed by atoms with Crippen LogP contribution in [0.5, 0.6) is 5.75 Å². The molecule has 2 aromatic rings. The van der Waals surface area contributed by atoms with Gasteiger partial charge in [0.25, 0.3) is 0 Å². The molecule has 0 unspecified atom stereocenters. The second kappa shape index (κ2) is 4.70. The van der Waals surface area contributed by atoms with E-state index in [1.807, 2.05) is 30.7 Å². The third-order valence-electron chi connectivity index (χ3n) is 2.62. The molecule has 5 heteroatoms. The molecule has 0 amide bonds. The summed E-state index contributed by atoms with van der Waals surface area (Å²) >= 11 is 9.64. The minimum absolute atomic E-state index is 0.589. The van der Waals surface area contributed by atoms with Crippen LogP contribution in [0, 0.1) is 6.92 Å². The Kier molecular flexibility index (Phi) is 3.45. The molecule has 0 aliphatic rings. The van der Waals surface area contributed by atoms with Gasteiger partial charge in [-0.05, 0) is 40.5 Å². The molecule has 0 saturated heterocycles. The molecule has 0 radical (unpaired) electrons. The Morgan fingerprint density at radius 1 is 1.41 bits per heavy atom. The summed E-state index contributed by atoms with van der Waals surface area (Å²) in [6, 6.07) is 3.79. The number of halogens is 2. The molecule has 0 atom stereocenters. The number of hydrogen-bond donors (Lipinski definition) is 0. The number of methoxy groups -OCH3 is 1. The number of aromatic nitrogens is 2. The SMILES string of the molecule is COc1cc(C)c(-c2ncn(C)c2Br)cc1Cl. The van der Waals surface area contributed by atoms with E-state index in [1.54, 1.807) is 13.4 Å². The van der Waals surface area contributed by atoms with E-state index in [1.165, 1.54) is 0 Å². The Hall–Kier alpha value is -1.00. The summed E-state index contributed by atoms with van der Waals surface area (Å²) in [6.07, 6.45) is 1.76. The molecular weight excluding hydrogens is 304 g/mol. The maximum Gasteiger partial charge on any atom is 0.137 e. The molecule has 0 spiro atoms. The highest BCUT2D eigenvalue weighted by Crippen LogP contribution is 2.35. The van der Waals surface area contributed by atoms with Gasteiger partial charge in [0.1, 0.15) is 16.0 Å². The minimum atomic E-state index is 0.589. The van der Waals surface area contributed by atoms with Crippen molar-refractivity contribution in [2.45, 2.75) is 6.92 Å². The molecule has 0 aliphatic heterocycles. The van der Waals surface area contributed by atoms with Crippen LogP contribution in [-0.4, -0.2) is 16.7 Å². The molecule has 0 N–H and O–H groups in total. The molecule has 0 saturated carbocycles. The van der Waals surface area contributed by atoms with E-state index in [2.05, 4.69) is 20.9 Å². The third-order valence-corrected chi connectivity index (χ3v) is 3.85. The number of aryl methyl sites for hydroxylation is 2. The van der Waals surface area contributed by atoms with E-state index in [-0.39, 0.29) is 0 Å². The lowest BCUT2D eigenvalue weighted by Gasteiger charge is -2.09. The van der Waals surface area contributed by atoms with Crippen molar-refractivity contribution in [1.29, 1.82) is 0 Å². The van der Waals surface area contributed by atoms with Gasteiger partial charge < -0.3 is 9.30 Å². The monoisotopic (exact) mass is 314 g/mol. The van der Waals surface area contributed by atoms with Crippen molar-refractivity contribution in [3.8, 4) is 17.0 Å². The van der Waals surface area contributed by atoms with Crippen LogP contribution in [0.15, 0.2) is 23.1 Å². The second-order valence-electron chi connectivity index (χ2n) is 3.80. The van der Waals surface area contributed by atoms with Gasteiger partial charge >= 0.3 is 0 Å². The van der Waals surface area contributed by atoms with E-state index in [4.69, 9.17) is 16.3 Å². The van der Waals surface area contributed by atoms with Crippen molar-refractivity contribution in [3.05, 3.63) is 33.6 Å². The summed E-state index contributed by atoms with van der Waals surface area (Å²) in [5.41, 5.74) is 2.96. The number of rotatable bonds is 2. The predicted molar refractivity (Wildman–Crippen MR) is 72.6 cm³/mol. The highest BCUT2D eigenvalue weighted by atomic mass is 79.9. The molecule has 0 bridgehead atoms. The zero-order valence-electron chi connectivity index (χ0n) is 9.79. The lowest BCUT2D eigenvalue weighted by molar-refractivity contribution is 0.415. The van der Waals surface area contributed by atoms with E-state index in [0.29, 0.717) is 10.8 Å². The fraction of sp³-hybridized carbons (Fsp3) is 0.250. The van der Waals surface area contributed by atoms with E-state index in [9.17, 15) is 0 Å². The van der Waals surface area contributed by atoms with Crippen LogP contribution in [-0.2, 0) is 7.05 Å². The van der Waals surface area contributed by atoms with Crippen LogP contribution in [0.2, 0.25) is 5.02 Å². The first-order chi connectivity index (χ1) is 8.04. The van der Waals surface area contributed by atoms with E-state index < -0.39 is 0 Å². The van der Waals surface area contributed by atoms with Crippen LogP contribution in [0.1, 0.15) is 5.56 Å². The number of benzene rings is 1. The van der Waals surface area contributed by atoms with Gasteiger partial charge in [-0.25, -0.2) is 4.98 Å². The lowest BCUT2D eigenvalue weighted by Crippen LogP contribution is -1.90. The number of hydrogen-bond acceptors (Lipinski definition) is 2. The van der Waals surface area contributed by atoms with Crippen LogP contribution >= 0.6 is 27.5 Å². The highest BCUT2D eigenvalue weighted by molar-refractivity contribution is 9.10. The summed E-state index contributed by atoms with van der Waals surface area (Å²) in [6.45, 7) is 2.01. The summed E-state index contributed by atoms with van der Waals surface area (Å²) < 4.78 is 8.02. The fourth-order valence-electron chi connectivity index (χ4n) is 1.66. The van der Waals surface area contributed by atoms with Crippen molar-refractivity contribution in [1.82, 2.24) is 9.55 Å². The molecule has 1 heterocycles. The van der Waals surface area contributed by atoms with Crippen molar-refractivity contribution < 1.29 is 4.74 Å². The first-order valence-corrected chi connectivity index (χ1v) is 6.23. The van der Waals surface area contributed by atoms with E-state index >= 15 is 0 Å². The van der Waals surface area contributed by atoms with Crippen LogP contribution < -0.4 is 4.74 Å². The summed E-state index contributed by atoms with van der Waals surface area (Å²) in [4.78, 5) is 4.36. The van der Waals surface area contributed by atoms with Gasteiger partial charge in [-0.2, -0.15) is 0 Å². The average molecular weight is 316 g/mol. The molecule has 1 aromatic heterocycles. The van der Waals surface area contributed by atoms with Gasteiger partial charge in [-0.15, -0.1) is 0 Å². The third kappa shape index (κ3) is 2.19. The number of nitrogens with zero attached hydrogens (tertiary/aromatic N) is 2. The molecule has 2 rings (SSSR count). The van der Waals surface area contributed by atoms with Gasteiger partial charge in [-0.3, -0.25) is 0 Å². The molecule has 0 fully saturated rings. The van der Waals surface area contributed by atoms with E-state index in [0.717, 1.165) is 21.4 Å². The predicted octanol–water partition coefficient (Wildman–Crippen LogP) is 3.82. The molecule has 17 heavy (non-hydrogen) atoms. The van der Waals surface area contributed by atoms with Gasteiger partial charge in [0, 0.05) is 12.6 Å². The minimum Gasteiger partial charge on any atom is -0.495 e. The van der Waals surface area contributed by atoms with Crippen LogP contribution in [0.25, 0.3) is 11.3 Å². The fourth-order valence-corrected chi connectivity index (χ4v) is 2.31. The maximum absolute atomic E-state index is 6.14. The largest absolute Gasteiger partial charge is 0.495 e. The van der Waals surface area contributed by atoms with Crippen LogP contribution in [0.4, 0.5) is 0 Å². The Labute approximate surface area is 114 Å². The van der Waals surface area contributed by atoms with Gasteiger partial charge in [-0.1, -0.05) is 11.6 Å². The van der Waals surface area contributed by atoms with Gasteiger partial charge in [0.15, 0.2) is 0 Å². The number of imidazole rings is 1. The van der Waals surface area contributed by atoms with Crippen molar-refractivity contribution in [2.75, 3.05) is 7.11 Å². The van der Waals surface area contributed by atoms with Crippen LogP contribution in [0.3, 0.4) is 0 Å². The van der Waals surface area contributed by atoms with Crippen molar-refractivity contribution in [2.24, 2.45) is 7.05 Å². The topological polar surface area (TPSA) is 27.1 Å². The zero-order valence-corrected chi connectivity index (χ0v) is 12.1. The maximum atomic E-state index is 6.14. The zero-order chi connectivity index (χ0) is 12.6. The summed E-state index contributed by atoms with van der Waals surface area (Å²) in [5, 5.41) is 0.589. The Bertz CT molecular complexity index is 566. The lowest BCUT2D eigenvalue weighted by atomic mass is 10.1. The molecule has 3 nitrogen and oxygen atoms in total. The van der Waals surface area contributed by atoms with Gasteiger partial charge in [0.05, 0.1) is 18.5 Å². The van der Waals surface area contributed by atoms with Crippen molar-refractivity contribution >= 4 is 27.5 Å². The second-order valence-corrected chi connectivity index (χ2v) is 4.95. The molecular formula is C12H12BrClN2O. The Balaban J connectivity index is 2.60. The standard InChI is InChI=1S/C12H12BrClN2O/c1-7-4-10(17-3)9(14)5-8(7)11-12(13)16(2)6-15-11/h4-6H,1-3H3.